The largest absolute Gasteiger partial charge is 0.497 e. The summed E-state index contributed by atoms with van der Waals surface area (Å²) in [4.78, 5) is 48.6. The van der Waals surface area contributed by atoms with Gasteiger partial charge in [0, 0.05) is 24.3 Å². The maximum atomic E-state index is 14.4. The average molecular weight is 558 g/mol. The van der Waals surface area contributed by atoms with E-state index in [2.05, 4.69) is 5.32 Å². The normalized spacial score (nSPS) is 11.3. The van der Waals surface area contributed by atoms with Gasteiger partial charge in [-0.25, -0.2) is 18.4 Å². The van der Waals surface area contributed by atoms with Gasteiger partial charge in [0.05, 0.1) is 13.2 Å². The van der Waals surface area contributed by atoms with Crippen molar-refractivity contribution in [3.63, 3.8) is 0 Å². The lowest BCUT2D eigenvalue weighted by Gasteiger charge is -2.15. The molecule has 0 heterocycles. The Morgan fingerprint density at radius 3 is 2.28 bits per heavy atom. The Balaban J connectivity index is 1.84. The third-order valence-corrected chi connectivity index (χ3v) is 6.22. The molecule has 0 radical (unpaired) electrons. The van der Waals surface area contributed by atoms with Gasteiger partial charge in [-0.05, 0) is 66.2 Å². The van der Waals surface area contributed by atoms with Gasteiger partial charge < -0.3 is 19.5 Å². The van der Waals surface area contributed by atoms with Crippen LogP contribution in [0.2, 0.25) is 0 Å². The zero-order valence-electron chi connectivity index (χ0n) is 21.3. The van der Waals surface area contributed by atoms with Gasteiger partial charge >= 0.3 is 11.3 Å². The predicted octanol–water partition coefficient (Wildman–Crippen LogP) is 5.32. The quantitative estimate of drug-likeness (QED) is 0.334. The van der Waals surface area contributed by atoms with Gasteiger partial charge in [-0.3, -0.25) is 9.59 Å². The molecule has 0 fully saturated rings. The highest BCUT2D eigenvalue weighted by molar-refractivity contribution is 8.13. The summed E-state index contributed by atoms with van der Waals surface area (Å²) in [6, 6.07) is 12.9. The van der Waals surface area contributed by atoms with Gasteiger partial charge in [-0.15, -0.1) is 0 Å². The number of amides is 1. The Bertz CT molecular complexity index is 1380. The van der Waals surface area contributed by atoms with Gasteiger partial charge in [0.15, 0.2) is 5.78 Å². The van der Waals surface area contributed by atoms with Crippen LogP contribution in [0.3, 0.4) is 0 Å². The highest BCUT2D eigenvalue weighted by Gasteiger charge is 2.22. The molecule has 0 bridgehead atoms. The second-order valence-corrected chi connectivity index (χ2v) is 9.24. The van der Waals surface area contributed by atoms with Gasteiger partial charge in [-0.2, -0.15) is 0 Å². The summed E-state index contributed by atoms with van der Waals surface area (Å²) in [5.41, 5.74) is 0.724. The summed E-state index contributed by atoms with van der Waals surface area (Å²) in [6.07, 6.45) is 0. The number of ketones is 1. The first-order chi connectivity index (χ1) is 18.6. The first-order valence-corrected chi connectivity index (χ1v) is 12.6. The van der Waals surface area contributed by atoms with Crippen LogP contribution < -0.4 is 14.8 Å². The predicted molar refractivity (Wildman–Crippen MR) is 141 cm³/mol. The number of carbonyl (C=O) groups excluding carboxylic acids is 4. The number of methoxy groups -OCH3 is 1. The number of hydrogen-bond donors (Lipinski definition) is 1. The highest BCUT2D eigenvalue weighted by Crippen LogP contribution is 2.31. The molecule has 204 valence electrons. The van der Waals surface area contributed by atoms with Gasteiger partial charge in [0.2, 0.25) is 5.91 Å². The summed E-state index contributed by atoms with van der Waals surface area (Å²) < 4.78 is 43.7. The third kappa shape index (κ3) is 8.37. The number of rotatable bonds is 10. The number of benzene rings is 3. The van der Waals surface area contributed by atoms with E-state index in [1.165, 1.54) is 45.2 Å². The van der Waals surface area contributed by atoms with Crippen molar-refractivity contribution < 1.29 is 42.2 Å². The van der Waals surface area contributed by atoms with E-state index in [0.29, 0.717) is 29.1 Å². The SMILES string of the molecule is COc1ccc(COC(=O)c2cc(-c3ccc(F)cc3F)ccc2OC(=O)SC[C@H](NC(C)=O)C(C)=O)cc1. The highest BCUT2D eigenvalue weighted by atomic mass is 32.2. The third-order valence-electron chi connectivity index (χ3n) is 5.40. The van der Waals surface area contributed by atoms with E-state index in [9.17, 15) is 28.0 Å². The lowest BCUT2D eigenvalue weighted by Crippen LogP contribution is -2.40. The zero-order chi connectivity index (χ0) is 28.5. The summed E-state index contributed by atoms with van der Waals surface area (Å²) in [5, 5.41) is 1.59. The first-order valence-electron chi connectivity index (χ1n) is 11.6. The van der Waals surface area contributed by atoms with Crippen LogP contribution in [0.15, 0.2) is 60.7 Å². The molecule has 3 aromatic carbocycles. The monoisotopic (exact) mass is 557 g/mol. The molecule has 3 aromatic rings. The standard InChI is InChI=1S/C28H25F2NO7S/c1-16(32)25(31-17(2)33)15-39-28(35)38-26-11-6-19(22-10-7-20(29)13-24(22)30)12-23(26)27(34)37-14-18-4-8-21(36-3)9-5-18/h4-13,25H,14-15H2,1-3H3,(H,31,33)/t25-/m0/s1. The van der Waals surface area contributed by atoms with Crippen LogP contribution in [0.4, 0.5) is 13.6 Å². The molecule has 0 unspecified atom stereocenters. The molecule has 0 saturated heterocycles. The molecule has 0 aliphatic carbocycles. The molecule has 3 rings (SSSR count). The van der Waals surface area contributed by atoms with E-state index in [1.807, 2.05) is 0 Å². The molecule has 1 amide bonds. The van der Waals surface area contributed by atoms with Crippen LogP contribution in [0.25, 0.3) is 11.1 Å². The fraction of sp³-hybridized carbons (Fsp3) is 0.214. The number of nitrogens with one attached hydrogen (secondary N) is 1. The van der Waals surface area contributed by atoms with E-state index >= 15 is 0 Å². The number of thioether (sulfide) groups is 1. The lowest BCUT2D eigenvalue weighted by molar-refractivity contribution is -0.125. The van der Waals surface area contributed by atoms with E-state index < -0.39 is 34.9 Å². The Morgan fingerprint density at radius 1 is 0.949 bits per heavy atom. The molecule has 0 aliphatic rings. The molecule has 8 nitrogen and oxygen atoms in total. The van der Waals surface area contributed by atoms with E-state index in [4.69, 9.17) is 14.2 Å². The van der Waals surface area contributed by atoms with Crippen molar-refractivity contribution >= 4 is 34.7 Å². The molecular formula is C28H25F2NO7S. The Kier molecular flexibility index (Phi) is 10.2. The van der Waals surface area contributed by atoms with E-state index in [0.717, 1.165) is 6.07 Å². The molecule has 11 heteroatoms. The second-order valence-electron chi connectivity index (χ2n) is 8.29. The number of hydrogen-bond acceptors (Lipinski definition) is 8. The topological polar surface area (TPSA) is 108 Å². The fourth-order valence-electron chi connectivity index (χ4n) is 3.39. The fourth-order valence-corrected chi connectivity index (χ4v) is 4.16. The van der Waals surface area contributed by atoms with Crippen LogP contribution in [0.1, 0.15) is 29.8 Å². The smallest absolute Gasteiger partial charge is 0.372 e. The minimum absolute atomic E-state index is 0.0208. The minimum Gasteiger partial charge on any atom is -0.497 e. The molecule has 0 saturated carbocycles. The van der Waals surface area contributed by atoms with Crippen molar-refractivity contribution in [3.8, 4) is 22.6 Å². The summed E-state index contributed by atoms with van der Waals surface area (Å²) in [7, 11) is 1.52. The summed E-state index contributed by atoms with van der Waals surface area (Å²) in [5.74, 6) is -2.89. The lowest BCUT2D eigenvalue weighted by atomic mass is 10.0. The average Bonchev–Trinajstić information content (AvgIpc) is 2.90. The Labute approximate surface area is 227 Å². The molecule has 0 aliphatic heterocycles. The summed E-state index contributed by atoms with van der Waals surface area (Å²) in [6.45, 7) is 2.40. The maximum Gasteiger partial charge on any atom is 0.372 e. The molecular weight excluding hydrogens is 532 g/mol. The van der Waals surface area contributed by atoms with Crippen LogP contribution >= 0.6 is 11.8 Å². The molecule has 0 spiro atoms. The molecule has 1 atom stereocenters. The summed E-state index contributed by atoms with van der Waals surface area (Å²) >= 11 is 0.626. The van der Waals surface area contributed by atoms with Crippen LogP contribution in [-0.4, -0.2) is 41.9 Å². The van der Waals surface area contributed by atoms with Crippen molar-refractivity contribution in [1.82, 2.24) is 5.32 Å². The number of carbonyl (C=O) groups is 4. The number of ether oxygens (including phenoxy) is 3. The molecule has 1 N–H and O–H groups in total. The maximum absolute atomic E-state index is 14.4. The van der Waals surface area contributed by atoms with E-state index in [-0.39, 0.29) is 40.6 Å². The zero-order valence-corrected chi connectivity index (χ0v) is 22.1. The van der Waals surface area contributed by atoms with Crippen LogP contribution in [0.5, 0.6) is 11.5 Å². The Hall–Kier alpha value is -4.25. The van der Waals surface area contributed by atoms with Gasteiger partial charge in [0.1, 0.15) is 35.3 Å². The number of esters is 1. The van der Waals surface area contributed by atoms with Crippen molar-refractivity contribution in [2.24, 2.45) is 0 Å². The van der Waals surface area contributed by atoms with Crippen molar-refractivity contribution in [2.45, 2.75) is 26.5 Å². The van der Waals surface area contributed by atoms with E-state index in [1.54, 1.807) is 24.3 Å². The first kappa shape index (κ1) is 29.3. The van der Waals surface area contributed by atoms with Crippen molar-refractivity contribution in [3.05, 3.63) is 83.4 Å². The van der Waals surface area contributed by atoms with Gasteiger partial charge in [0.25, 0.3) is 0 Å². The molecule has 39 heavy (non-hydrogen) atoms. The number of Topliss-reactive ketones (excluding diaryl/α,β-unsaturated/α-hetero) is 1. The van der Waals surface area contributed by atoms with Crippen LogP contribution in [-0.2, 0) is 20.9 Å². The van der Waals surface area contributed by atoms with Crippen molar-refractivity contribution in [1.29, 1.82) is 0 Å². The van der Waals surface area contributed by atoms with Gasteiger partial charge in [-0.1, -0.05) is 18.2 Å². The van der Waals surface area contributed by atoms with Crippen LogP contribution in [0, 0.1) is 11.6 Å². The Morgan fingerprint density at radius 2 is 1.67 bits per heavy atom. The molecule has 0 aromatic heterocycles. The number of halogens is 2. The minimum atomic E-state index is -0.905. The van der Waals surface area contributed by atoms with Crippen molar-refractivity contribution in [2.75, 3.05) is 12.9 Å². The second kappa shape index (κ2) is 13.5.